The first-order valence-corrected chi connectivity index (χ1v) is 5.93. The number of nitrogens with one attached hydrogen (secondary N) is 2. The molecule has 0 saturated heterocycles. The molecule has 0 spiro atoms. The minimum absolute atomic E-state index is 0.0238. The van der Waals surface area contributed by atoms with E-state index in [1.807, 2.05) is 29.8 Å². The molecule has 0 atom stereocenters. The monoisotopic (exact) mass is 255 g/mol. The molecule has 0 radical (unpaired) electrons. The molecule has 2 aromatic rings. The molecular weight excluding hydrogens is 242 g/mol. The minimum Gasteiger partial charge on any atom is -0.298 e. The molecule has 2 N–H and O–H groups in total. The lowest BCUT2D eigenvalue weighted by atomic mass is 10.1. The Morgan fingerprint density at radius 3 is 2.84 bits per heavy atom. The van der Waals surface area contributed by atoms with E-state index in [9.17, 15) is 4.79 Å². The summed E-state index contributed by atoms with van der Waals surface area (Å²) in [5.41, 5.74) is 8.38. The van der Waals surface area contributed by atoms with Crippen LogP contribution in [0.15, 0.2) is 42.6 Å². The molecule has 0 saturated carbocycles. The number of hydrazine groups is 1. The molecule has 3 heterocycles. The van der Waals surface area contributed by atoms with Gasteiger partial charge in [-0.15, -0.1) is 0 Å². The van der Waals surface area contributed by atoms with Gasteiger partial charge in [-0.1, -0.05) is 0 Å². The van der Waals surface area contributed by atoms with Crippen LogP contribution >= 0.6 is 0 Å². The van der Waals surface area contributed by atoms with Gasteiger partial charge < -0.3 is 0 Å². The minimum atomic E-state index is -0.0238. The van der Waals surface area contributed by atoms with Crippen molar-refractivity contribution in [2.45, 2.75) is 13.3 Å². The highest BCUT2D eigenvalue weighted by Gasteiger charge is 2.15. The number of imidazole rings is 1. The van der Waals surface area contributed by atoms with Crippen molar-refractivity contribution < 1.29 is 4.79 Å². The standard InChI is InChI=1S/C13H13N5O/c1-9-6-12(19)16-17-13(9)10-2-3-11(15-7-10)18-5-4-14-8-18/h2-5,7-8,17H,6H2,1H3,(H,16,19). The molecule has 1 amide bonds. The number of hydrogen-bond donors (Lipinski definition) is 2. The van der Waals surface area contributed by atoms with Crippen molar-refractivity contribution in [3.8, 4) is 5.82 Å². The fraction of sp³-hybridized carbons (Fsp3) is 0.154. The smallest absolute Gasteiger partial charge is 0.242 e. The van der Waals surface area contributed by atoms with Gasteiger partial charge >= 0.3 is 0 Å². The molecule has 0 aromatic carbocycles. The maximum atomic E-state index is 11.2. The van der Waals surface area contributed by atoms with E-state index in [0.717, 1.165) is 22.7 Å². The average molecular weight is 255 g/mol. The quantitative estimate of drug-likeness (QED) is 0.840. The van der Waals surface area contributed by atoms with E-state index < -0.39 is 0 Å². The first kappa shape index (κ1) is 11.5. The highest BCUT2D eigenvalue weighted by Crippen LogP contribution is 2.20. The summed E-state index contributed by atoms with van der Waals surface area (Å²) in [4.78, 5) is 19.6. The van der Waals surface area contributed by atoms with Gasteiger partial charge in [0.2, 0.25) is 5.91 Å². The van der Waals surface area contributed by atoms with Gasteiger partial charge in [0, 0.05) is 24.2 Å². The Hall–Kier alpha value is -2.63. The summed E-state index contributed by atoms with van der Waals surface area (Å²) >= 11 is 0. The third kappa shape index (κ3) is 2.20. The summed E-state index contributed by atoms with van der Waals surface area (Å²) in [6.45, 7) is 1.94. The Bertz CT molecular complexity index is 628. The van der Waals surface area contributed by atoms with E-state index >= 15 is 0 Å². The van der Waals surface area contributed by atoms with Crippen molar-refractivity contribution in [1.82, 2.24) is 25.4 Å². The predicted octanol–water partition coefficient (Wildman–Crippen LogP) is 1.02. The van der Waals surface area contributed by atoms with Crippen LogP contribution in [-0.2, 0) is 4.79 Å². The van der Waals surface area contributed by atoms with E-state index in [2.05, 4.69) is 20.8 Å². The summed E-state index contributed by atoms with van der Waals surface area (Å²) in [5, 5.41) is 0. The summed E-state index contributed by atoms with van der Waals surface area (Å²) in [6, 6.07) is 3.88. The lowest BCUT2D eigenvalue weighted by molar-refractivity contribution is -0.121. The molecule has 3 rings (SSSR count). The van der Waals surface area contributed by atoms with Crippen molar-refractivity contribution in [1.29, 1.82) is 0 Å². The zero-order valence-corrected chi connectivity index (χ0v) is 10.4. The van der Waals surface area contributed by atoms with Crippen molar-refractivity contribution in [3.63, 3.8) is 0 Å². The Balaban J connectivity index is 1.91. The summed E-state index contributed by atoms with van der Waals surface area (Å²) in [6.07, 6.45) is 7.43. The molecule has 2 aromatic heterocycles. The van der Waals surface area contributed by atoms with Crippen LogP contribution < -0.4 is 10.9 Å². The van der Waals surface area contributed by atoms with E-state index in [0.29, 0.717) is 6.42 Å². The Morgan fingerprint density at radius 1 is 1.32 bits per heavy atom. The van der Waals surface area contributed by atoms with Crippen molar-refractivity contribution in [2.24, 2.45) is 0 Å². The van der Waals surface area contributed by atoms with Crippen LogP contribution in [0.1, 0.15) is 18.9 Å². The van der Waals surface area contributed by atoms with E-state index in [1.54, 1.807) is 18.7 Å². The second kappa shape index (κ2) is 4.56. The fourth-order valence-corrected chi connectivity index (χ4v) is 2.01. The number of carbonyl (C=O) groups excluding carboxylic acids is 1. The first-order valence-electron chi connectivity index (χ1n) is 5.93. The van der Waals surface area contributed by atoms with Crippen LogP contribution in [0.4, 0.5) is 0 Å². The van der Waals surface area contributed by atoms with Crippen LogP contribution in [0.2, 0.25) is 0 Å². The zero-order chi connectivity index (χ0) is 13.2. The lowest BCUT2D eigenvalue weighted by Crippen LogP contribution is -2.40. The van der Waals surface area contributed by atoms with Crippen LogP contribution in [0.3, 0.4) is 0 Å². The number of carbonyl (C=O) groups is 1. The third-order valence-corrected chi connectivity index (χ3v) is 2.98. The molecule has 6 heteroatoms. The molecule has 1 aliphatic rings. The fourth-order valence-electron chi connectivity index (χ4n) is 2.01. The largest absolute Gasteiger partial charge is 0.298 e. The Kier molecular flexibility index (Phi) is 2.75. The van der Waals surface area contributed by atoms with Gasteiger partial charge in [0.25, 0.3) is 0 Å². The first-order chi connectivity index (χ1) is 9.24. The van der Waals surface area contributed by atoms with Gasteiger partial charge in [0.05, 0.1) is 12.1 Å². The van der Waals surface area contributed by atoms with Gasteiger partial charge in [0.1, 0.15) is 12.1 Å². The van der Waals surface area contributed by atoms with Gasteiger partial charge in [-0.25, -0.2) is 9.97 Å². The number of amides is 1. The van der Waals surface area contributed by atoms with E-state index in [-0.39, 0.29) is 5.91 Å². The van der Waals surface area contributed by atoms with Crippen LogP contribution in [0.25, 0.3) is 11.5 Å². The van der Waals surface area contributed by atoms with E-state index in [4.69, 9.17) is 0 Å². The predicted molar refractivity (Wildman–Crippen MR) is 69.8 cm³/mol. The SMILES string of the molecule is CC1=C(c2ccc(-n3ccnc3)nc2)NNC(=O)C1. The van der Waals surface area contributed by atoms with Gasteiger partial charge in [-0.05, 0) is 24.6 Å². The zero-order valence-electron chi connectivity index (χ0n) is 10.4. The molecule has 0 bridgehead atoms. The maximum absolute atomic E-state index is 11.2. The van der Waals surface area contributed by atoms with Crippen LogP contribution in [-0.4, -0.2) is 20.4 Å². The summed E-state index contributed by atoms with van der Waals surface area (Å²) in [5.74, 6) is 0.781. The Labute approximate surface area is 110 Å². The summed E-state index contributed by atoms with van der Waals surface area (Å²) in [7, 11) is 0. The summed E-state index contributed by atoms with van der Waals surface area (Å²) < 4.78 is 1.83. The molecule has 19 heavy (non-hydrogen) atoms. The molecule has 96 valence electrons. The third-order valence-electron chi connectivity index (χ3n) is 2.98. The topological polar surface area (TPSA) is 71.8 Å². The molecule has 0 aliphatic carbocycles. The number of nitrogens with zero attached hydrogens (tertiary/aromatic N) is 3. The van der Waals surface area contributed by atoms with Gasteiger partial charge in [0.15, 0.2) is 0 Å². The molecule has 0 fully saturated rings. The highest BCUT2D eigenvalue weighted by molar-refractivity contribution is 5.85. The normalized spacial score (nSPS) is 15.1. The van der Waals surface area contributed by atoms with E-state index in [1.165, 1.54) is 0 Å². The number of rotatable bonds is 2. The second-order valence-corrected chi connectivity index (χ2v) is 4.38. The van der Waals surface area contributed by atoms with Crippen molar-refractivity contribution >= 4 is 11.6 Å². The maximum Gasteiger partial charge on any atom is 0.242 e. The molecule has 1 aliphatic heterocycles. The molecular formula is C13H13N5O. The second-order valence-electron chi connectivity index (χ2n) is 4.38. The van der Waals surface area contributed by atoms with Gasteiger partial charge in [-0.2, -0.15) is 0 Å². The highest BCUT2D eigenvalue weighted by atomic mass is 16.2. The Morgan fingerprint density at radius 2 is 2.21 bits per heavy atom. The van der Waals surface area contributed by atoms with Crippen molar-refractivity contribution in [3.05, 3.63) is 48.2 Å². The van der Waals surface area contributed by atoms with Gasteiger partial charge in [-0.3, -0.25) is 20.2 Å². The van der Waals surface area contributed by atoms with Crippen LogP contribution in [0, 0.1) is 0 Å². The average Bonchev–Trinajstić information content (AvgIpc) is 2.93. The lowest BCUT2D eigenvalue weighted by Gasteiger charge is -2.20. The number of aromatic nitrogens is 3. The molecule has 6 nitrogen and oxygen atoms in total. The van der Waals surface area contributed by atoms with Crippen molar-refractivity contribution in [2.75, 3.05) is 0 Å². The number of pyridine rings is 1. The molecule has 0 unspecified atom stereocenters. The number of hydrogen-bond acceptors (Lipinski definition) is 4. The van der Waals surface area contributed by atoms with Crippen LogP contribution in [0.5, 0.6) is 0 Å².